The number of hydrogen-bond acceptors (Lipinski definition) is 1. The predicted molar refractivity (Wildman–Crippen MR) is 65.8 cm³/mol. The molecule has 2 fully saturated rings. The first-order valence-corrected chi connectivity index (χ1v) is 6.88. The SMILES string of the molecule is CC.CC12CCCCC1CCC2CCO. The number of rotatable bonds is 2. The molecule has 15 heavy (non-hydrogen) atoms. The summed E-state index contributed by atoms with van der Waals surface area (Å²) in [6.07, 6.45) is 9.61. The van der Waals surface area contributed by atoms with E-state index in [-0.39, 0.29) is 0 Å². The fourth-order valence-electron chi connectivity index (χ4n) is 3.80. The van der Waals surface area contributed by atoms with E-state index >= 15 is 0 Å². The zero-order chi connectivity index (χ0) is 11.3. The van der Waals surface area contributed by atoms with Crippen LogP contribution < -0.4 is 0 Å². The molecule has 2 saturated carbocycles. The molecule has 0 aromatic heterocycles. The van der Waals surface area contributed by atoms with Gasteiger partial charge in [-0.05, 0) is 49.4 Å². The summed E-state index contributed by atoms with van der Waals surface area (Å²) in [5.41, 5.74) is 0.598. The Balaban J connectivity index is 0.000000531. The summed E-state index contributed by atoms with van der Waals surface area (Å²) in [6.45, 7) is 6.87. The Labute approximate surface area is 95.3 Å². The van der Waals surface area contributed by atoms with E-state index in [2.05, 4.69) is 6.92 Å². The lowest BCUT2D eigenvalue weighted by molar-refractivity contribution is 0.0827. The zero-order valence-corrected chi connectivity index (χ0v) is 10.8. The van der Waals surface area contributed by atoms with Crippen LogP contribution in [-0.2, 0) is 0 Å². The van der Waals surface area contributed by atoms with Gasteiger partial charge in [-0.3, -0.25) is 0 Å². The Bertz CT molecular complexity index is 178. The fourth-order valence-corrected chi connectivity index (χ4v) is 3.80. The molecule has 3 atom stereocenters. The van der Waals surface area contributed by atoms with Crippen LogP contribution in [0.4, 0.5) is 0 Å². The van der Waals surface area contributed by atoms with Gasteiger partial charge in [0.05, 0.1) is 0 Å². The van der Waals surface area contributed by atoms with Gasteiger partial charge in [-0.25, -0.2) is 0 Å². The van der Waals surface area contributed by atoms with Crippen molar-refractivity contribution in [2.24, 2.45) is 17.3 Å². The molecule has 2 aliphatic carbocycles. The highest BCUT2D eigenvalue weighted by Crippen LogP contribution is 2.56. The van der Waals surface area contributed by atoms with Crippen molar-refractivity contribution in [3.8, 4) is 0 Å². The first kappa shape index (κ1) is 13.0. The molecule has 0 bridgehead atoms. The van der Waals surface area contributed by atoms with Gasteiger partial charge < -0.3 is 5.11 Å². The van der Waals surface area contributed by atoms with E-state index in [4.69, 9.17) is 5.11 Å². The molecule has 1 heteroatoms. The van der Waals surface area contributed by atoms with E-state index in [0.29, 0.717) is 12.0 Å². The Morgan fingerprint density at radius 3 is 2.53 bits per heavy atom. The fraction of sp³-hybridized carbons (Fsp3) is 1.00. The van der Waals surface area contributed by atoms with Gasteiger partial charge in [-0.2, -0.15) is 0 Å². The molecular formula is C14H28O. The number of aliphatic hydroxyl groups excluding tert-OH is 1. The van der Waals surface area contributed by atoms with Crippen LogP contribution >= 0.6 is 0 Å². The van der Waals surface area contributed by atoms with E-state index in [1.54, 1.807) is 0 Å². The highest BCUT2D eigenvalue weighted by molar-refractivity contribution is 4.96. The minimum Gasteiger partial charge on any atom is -0.396 e. The largest absolute Gasteiger partial charge is 0.396 e. The van der Waals surface area contributed by atoms with Crippen molar-refractivity contribution in [3.05, 3.63) is 0 Å². The van der Waals surface area contributed by atoms with Gasteiger partial charge in [0, 0.05) is 6.61 Å². The lowest BCUT2D eigenvalue weighted by atomic mass is 9.65. The van der Waals surface area contributed by atoms with E-state index < -0.39 is 0 Å². The smallest absolute Gasteiger partial charge is 0.0433 e. The minimum absolute atomic E-state index is 0.396. The zero-order valence-electron chi connectivity index (χ0n) is 10.8. The third-order valence-electron chi connectivity index (χ3n) is 4.72. The van der Waals surface area contributed by atoms with Gasteiger partial charge in [-0.1, -0.05) is 33.6 Å². The lowest BCUT2D eigenvalue weighted by Gasteiger charge is -2.40. The second kappa shape index (κ2) is 5.89. The molecule has 0 aromatic rings. The standard InChI is InChI=1S/C12H22O.C2H6/c1-12-8-3-2-4-10(12)5-6-11(12)7-9-13;1-2/h10-11,13H,2-9H2,1H3;1-2H3. The van der Waals surface area contributed by atoms with Crippen LogP contribution in [0.2, 0.25) is 0 Å². The summed E-state index contributed by atoms with van der Waals surface area (Å²) in [4.78, 5) is 0. The quantitative estimate of drug-likeness (QED) is 0.733. The van der Waals surface area contributed by atoms with E-state index in [9.17, 15) is 0 Å². The molecule has 3 unspecified atom stereocenters. The maximum Gasteiger partial charge on any atom is 0.0433 e. The van der Waals surface area contributed by atoms with E-state index in [0.717, 1.165) is 18.3 Å². The van der Waals surface area contributed by atoms with Crippen LogP contribution in [0, 0.1) is 17.3 Å². The molecule has 2 aliphatic rings. The van der Waals surface area contributed by atoms with Crippen LogP contribution in [0.5, 0.6) is 0 Å². The lowest BCUT2D eigenvalue weighted by Crippen LogP contribution is -2.32. The summed E-state index contributed by atoms with van der Waals surface area (Å²) >= 11 is 0. The summed E-state index contributed by atoms with van der Waals surface area (Å²) in [6, 6.07) is 0. The van der Waals surface area contributed by atoms with Crippen molar-refractivity contribution in [2.45, 2.75) is 65.7 Å². The van der Waals surface area contributed by atoms with Crippen molar-refractivity contribution >= 4 is 0 Å². The van der Waals surface area contributed by atoms with Crippen molar-refractivity contribution in [2.75, 3.05) is 6.61 Å². The summed E-state index contributed by atoms with van der Waals surface area (Å²) < 4.78 is 0. The summed E-state index contributed by atoms with van der Waals surface area (Å²) in [5, 5.41) is 9.03. The van der Waals surface area contributed by atoms with Crippen LogP contribution in [0.15, 0.2) is 0 Å². The average Bonchev–Trinajstić information content (AvgIpc) is 2.60. The van der Waals surface area contributed by atoms with Crippen LogP contribution in [0.25, 0.3) is 0 Å². The molecule has 1 nitrogen and oxygen atoms in total. The Kier molecular flexibility index (Phi) is 5.11. The molecule has 0 amide bonds. The molecule has 0 saturated heterocycles. The monoisotopic (exact) mass is 212 g/mol. The summed E-state index contributed by atoms with van der Waals surface area (Å²) in [5.74, 6) is 1.81. The highest BCUT2D eigenvalue weighted by Gasteiger charge is 2.46. The van der Waals surface area contributed by atoms with E-state index in [1.165, 1.54) is 38.5 Å². The molecule has 0 aromatic carbocycles. The third kappa shape index (κ3) is 2.55. The van der Waals surface area contributed by atoms with Gasteiger partial charge in [0.2, 0.25) is 0 Å². The molecule has 0 heterocycles. The molecule has 1 N–H and O–H groups in total. The topological polar surface area (TPSA) is 20.2 Å². The van der Waals surface area contributed by atoms with Gasteiger partial charge in [0.15, 0.2) is 0 Å². The molecular weight excluding hydrogens is 184 g/mol. The number of aliphatic hydroxyl groups is 1. The first-order chi connectivity index (χ1) is 7.27. The van der Waals surface area contributed by atoms with Gasteiger partial charge in [-0.15, -0.1) is 0 Å². The maximum atomic E-state index is 9.03. The molecule has 2 rings (SSSR count). The van der Waals surface area contributed by atoms with Crippen molar-refractivity contribution in [1.29, 1.82) is 0 Å². The van der Waals surface area contributed by atoms with Gasteiger partial charge in [0.1, 0.15) is 0 Å². The van der Waals surface area contributed by atoms with E-state index in [1.807, 2.05) is 13.8 Å². The molecule has 90 valence electrons. The molecule has 0 spiro atoms. The molecule has 0 radical (unpaired) electrons. The normalized spacial score (nSPS) is 39.2. The van der Waals surface area contributed by atoms with Crippen LogP contribution in [0.3, 0.4) is 0 Å². The van der Waals surface area contributed by atoms with Crippen molar-refractivity contribution in [1.82, 2.24) is 0 Å². The maximum absolute atomic E-state index is 9.03. The average molecular weight is 212 g/mol. The highest BCUT2D eigenvalue weighted by atomic mass is 16.3. The van der Waals surface area contributed by atoms with Crippen LogP contribution in [0.1, 0.15) is 65.7 Å². The third-order valence-corrected chi connectivity index (χ3v) is 4.72. The predicted octanol–water partition coefficient (Wildman–Crippen LogP) is 4.00. The Morgan fingerprint density at radius 2 is 1.87 bits per heavy atom. The Morgan fingerprint density at radius 1 is 1.13 bits per heavy atom. The first-order valence-electron chi connectivity index (χ1n) is 6.88. The number of fused-ring (bicyclic) bond motifs is 1. The van der Waals surface area contributed by atoms with Crippen LogP contribution in [-0.4, -0.2) is 11.7 Å². The second-order valence-corrected chi connectivity index (χ2v) is 5.24. The molecule has 0 aliphatic heterocycles. The minimum atomic E-state index is 0.396. The number of hydrogen-bond donors (Lipinski definition) is 1. The van der Waals surface area contributed by atoms with Crippen molar-refractivity contribution < 1.29 is 5.11 Å². The van der Waals surface area contributed by atoms with Gasteiger partial charge >= 0.3 is 0 Å². The van der Waals surface area contributed by atoms with Crippen molar-refractivity contribution in [3.63, 3.8) is 0 Å². The van der Waals surface area contributed by atoms with Gasteiger partial charge in [0.25, 0.3) is 0 Å². The summed E-state index contributed by atoms with van der Waals surface area (Å²) in [7, 11) is 0. The Hall–Kier alpha value is -0.0400. The second-order valence-electron chi connectivity index (χ2n) is 5.24.